The van der Waals surface area contributed by atoms with Crippen molar-refractivity contribution in [3.05, 3.63) is 62.7 Å². The first-order chi connectivity index (χ1) is 15.0. The molecule has 0 heterocycles. The zero-order valence-electron chi connectivity index (χ0n) is 18.2. The molecule has 0 fully saturated rings. The molecule has 170 valence electrons. The Morgan fingerprint density at radius 2 is 1.74 bits per heavy atom. The molecule has 2 rings (SSSR count). The summed E-state index contributed by atoms with van der Waals surface area (Å²) in [6, 6.07) is 9.90. The Bertz CT molecular complexity index is 814. The number of halogens is 1. The molecule has 31 heavy (non-hydrogen) atoms. The normalized spacial score (nSPS) is 10.8. The molecule has 0 atom stereocenters. The zero-order chi connectivity index (χ0) is 22.5. The number of hydrogen-bond acceptors (Lipinski definition) is 6. The highest BCUT2D eigenvalue weighted by Crippen LogP contribution is 2.34. The largest absolute Gasteiger partial charge is 0.490 e. The van der Waals surface area contributed by atoms with Gasteiger partial charge in [0.2, 0.25) is 0 Å². The lowest BCUT2D eigenvalue weighted by Crippen LogP contribution is -2.17. The van der Waals surface area contributed by atoms with Crippen LogP contribution in [0.15, 0.2) is 36.4 Å². The van der Waals surface area contributed by atoms with E-state index in [4.69, 9.17) is 25.8 Å². The van der Waals surface area contributed by atoms with Crippen LogP contribution in [-0.4, -0.2) is 31.3 Å². The van der Waals surface area contributed by atoms with Crippen molar-refractivity contribution in [2.45, 2.75) is 46.3 Å². The average Bonchev–Trinajstić information content (AvgIpc) is 2.76. The molecule has 0 amide bonds. The van der Waals surface area contributed by atoms with Gasteiger partial charge in [0.05, 0.1) is 11.5 Å². The summed E-state index contributed by atoms with van der Waals surface area (Å²) in [5, 5.41) is 14.7. The molecular weight excluding hydrogens is 420 g/mol. The summed E-state index contributed by atoms with van der Waals surface area (Å²) in [4.78, 5) is 10.3. The van der Waals surface area contributed by atoms with Crippen LogP contribution in [0.4, 0.5) is 5.69 Å². The van der Waals surface area contributed by atoms with Crippen LogP contribution in [-0.2, 0) is 17.9 Å². The molecule has 0 saturated carbocycles. The first-order valence-corrected chi connectivity index (χ1v) is 11.0. The molecule has 0 aliphatic rings. The summed E-state index contributed by atoms with van der Waals surface area (Å²) >= 11 is 6.46. The van der Waals surface area contributed by atoms with Gasteiger partial charge in [-0.15, -0.1) is 0 Å². The van der Waals surface area contributed by atoms with E-state index in [-0.39, 0.29) is 12.3 Å². The van der Waals surface area contributed by atoms with Gasteiger partial charge in [-0.05, 0) is 55.6 Å². The van der Waals surface area contributed by atoms with Crippen LogP contribution in [0.2, 0.25) is 5.02 Å². The van der Waals surface area contributed by atoms with Crippen LogP contribution in [0.5, 0.6) is 11.5 Å². The first-order valence-electron chi connectivity index (χ1n) is 10.6. The van der Waals surface area contributed by atoms with Gasteiger partial charge < -0.3 is 19.5 Å². The zero-order valence-corrected chi connectivity index (χ0v) is 19.0. The topological polar surface area (TPSA) is 82.9 Å². The van der Waals surface area contributed by atoms with Crippen molar-refractivity contribution >= 4 is 17.3 Å². The molecular formula is C23H31ClN2O5. The molecule has 0 aliphatic carbocycles. The number of nitrogens with one attached hydrogen (secondary N) is 1. The van der Waals surface area contributed by atoms with Crippen LogP contribution in [0.3, 0.4) is 0 Å². The van der Waals surface area contributed by atoms with E-state index in [1.54, 1.807) is 18.2 Å². The molecule has 0 unspecified atom stereocenters. The lowest BCUT2D eigenvalue weighted by molar-refractivity contribution is -0.384. The number of hydrogen-bond donors (Lipinski definition) is 1. The minimum atomic E-state index is -0.427. The third-order valence-electron chi connectivity index (χ3n) is 4.55. The van der Waals surface area contributed by atoms with Gasteiger partial charge in [-0.1, -0.05) is 24.9 Å². The minimum Gasteiger partial charge on any atom is -0.490 e. The maximum absolute atomic E-state index is 10.8. The van der Waals surface area contributed by atoms with Gasteiger partial charge in [0, 0.05) is 43.0 Å². The van der Waals surface area contributed by atoms with Crippen molar-refractivity contribution in [2.75, 3.05) is 26.4 Å². The minimum absolute atomic E-state index is 0.0474. The average molecular weight is 451 g/mol. The summed E-state index contributed by atoms with van der Waals surface area (Å²) in [7, 11) is 0. The highest BCUT2D eigenvalue weighted by Gasteiger charge is 2.12. The molecule has 2 aromatic carbocycles. The second kappa shape index (κ2) is 13.9. The Morgan fingerprint density at radius 3 is 2.42 bits per heavy atom. The molecule has 2 aromatic rings. The van der Waals surface area contributed by atoms with Gasteiger partial charge in [0.15, 0.2) is 11.5 Å². The fraction of sp³-hybridized carbons (Fsp3) is 0.478. The Balaban J connectivity index is 1.90. The van der Waals surface area contributed by atoms with Crippen molar-refractivity contribution in [1.29, 1.82) is 0 Å². The Hall–Kier alpha value is -2.35. The number of unbranched alkanes of at least 4 members (excludes halogenated alkanes) is 1. The van der Waals surface area contributed by atoms with Crippen LogP contribution in [0, 0.1) is 10.1 Å². The second-order valence-corrected chi connectivity index (χ2v) is 7.44. The number of nitro benzene ring substituents is 1. The van der Waals surface area contributed by atoms with E-state index in [0.717, 1.165) is 50.1 Å². The SMILES string of the molecule is CCCCOCCCNCc1cc(OCC)c(OCc2ccc([N+](=O)[O-])cc2)cc1Cl. The monoisotopic (exact) mass is 450 g/mol. The van der Waals surface area contributed by atoms with E-state index in [0.29, 0.717) is 29.7 Å². The fourth-order valence-corrected chi connectivity index (χ4v) is 3.06. The van der Waals surface area contributed by atoms with E-state index in [9.17, 15) is 10.1 Å². The summed E-state index contributed by atoms with van der Waals surface area (Å²) < 4.78 is 17.2. The van der Waals surface area contributed by atoms with E-state index < -0.39 is 4.92 Å². The Kier molecular flexibility index (Phi) is 11.1. The lowest BCUT2D eigenvalue weighted by Gasteiger charge is -2.15. The lowest BCUT2D eigenvalue weighted by atomic mass is 10.2. The molecule has 0 spiro atoms. The summed E-state index contributed by atoms with van der Waals surface area (Å²) in [5.41, 5.74) is 1.79. The van der Waals surface area contributed by atoms with Crippen LogP contribution >= 0.6 is 11.6 Å². The van der Waals surface area contributed by atoms with Crippen molar-refractivity contribution < 1.29 is 19.1 Å². The molecule has 7 nitrogen and oxygen atoms in total. The third kappa shape index (κ3) is 8.73. The predicted octanol–water partition coefficient (Wildman–Crippen LogP) is 5.52. The molecule has 0 saturated heterocycles. The molecule has 0 aromatic heterocycles. The second-order valence-electron chi connectivity index (χ2n) is 7.03. The van der Waals surface area contributed by atoms with Crippen molar-refractivity contribution in [3.63, 3.8) is 0 Å². The van der Waals surface area contributed by atoms with E-state index in [2.05, 4.69) is 12.2 Å². The number of nitro groups is 1. The van der Waals surface area contributed by atoms with Gasteiger partial charge in [0.1, 0.15) is 6.61 Å². The van der Waals surface area contributed by atoms with Crippen molar-refractivity contribution in [1.82, 2.24) is 5.32 Å². The van der Waals surface area contributed by atoms with Gasteiger partial charge in [-0.3, -0.25) is 10.1 Å². The summed E-state index contributed by atoms with van der Waals surface area (Å²) in [5.74, 6) is 1.16. The molecule has 8 heteroatoms. The number of ether oxygens (including phenoxy) is 3. The number of benzene rings is 2. The van der Waals surface area contributed by atoms with Crippen molar-refractivity contribution in [3.8, 4) is 11.5 Å². The fourth-order valence-electron chi connectivity index (χ4n) is 2.84. The van der Waals surface area contributed by atoms with Crippen LogP contribution in [0.25, 0.3) is 0 Å². The van der Waals surface area contributed by atoms with E-state index in [1.807, 2.05) is 13.0 Å². The summed E-state index contributed by atoms with van der Waals surface area (Å²) in [6.07, 6.45) is 3.18. The van der Waals surface area contributed by atoms with Crippen LogP contribution in [0.1, 0.15) is 44.2 Å². The number of nitrogens with zero attached hydrogens (tertiary/aromatic N) is 1. The molecule has 0 radical (unpaired) electrons. The predicted molar refractivity (Wildman–Crippen MR) is 122 cm³/mol. The van der Waals surface area contributed by atoms with E-state index >= 15 is 0 Å². The Morgan fingerprint density at radius 1 is 1.03 bits per heavy atom. The van der Waals surface area contributed by atoms with Gasteiger partial charge >= 0.3 is 0 Å². The van der Waals surface area contributed by atoms with E-state index in [1.165, 1.54) is 12.1 Å². The summed E-state index contributed by atoms with van der Waals surface area (Å²) in [6.45, 7) is 7.84. The Labute approximate surface area is 188 Å². The number of rotatable bonds is 15. The maximum atomic E-state index is 10.8. The maximum Gasteiger partial charge on any atom is 0.269 e. The molecule has 0 bridgehead atoms. The smallest absolute Gasteiger partial charge is 0.269 e. The standard InChI is InChI=1S/C23H31ClN2O5/c1-3-5-12-29-13-6-11-25-16-19-14-22(30-4-2)23(15-21(19)24)31-17-18-7-9-20(10-8-18)26(27)28/h7-10,14-15,25H,3-6,11-13,16-17H2,1-2H3. The van der Waals surface area contributed by atoms with Gasteiger partial charge in [-0.2, -0.15) is 0 Å². The van der Waals surface area contributed by atoms with Crippen molar-refractivity contribution in [2.24, 2.45) is 0 Å². The molecule has 1 N–H and O–H groups in total. The van der Waals surface area contributed by atoms with Gasteiger partial charge in [-0.25, -0.2) is 0 Å². The van der Waals surface area contributed by atoms with Crippen LogP contribution < -0.4 is 14.8 Å². The quantitative estimate of drug-likeness (QED) is 0.218. The highest BCUT2D eigenvalue weighted by molar-refractivity contribution is 6.31. The number of non-ortho nitro benzene ring substituents is 1. The molecule has 0 aliphatic heterocycles. The highest BCUT2D eigenvalue weighted by atomic mass is 35.5. The third-order valence-corrected chi connectivity index (χ3v) is 4.91. The van der Waals surface area contributed by atoms with Gasteiger partial charge in [0.25, 0.3) is 5.69 Å². The first kappa shape index (κ1) is 24.9.